The van der Waals surface area contributed by atoms with Crippen LogP contribution in [0.5, 0.6) is 0 Å². The van der Waals surface area contributed by atoms with E-state index in [9.17, 15) is 29.1 Å². The van der Waals surface area contributed by atoms with Crippen LogP contribution in [-0.4, -0.2) is 77.1 Å². The van der Waals surface area contributed by atoms with E-state index in [-0.39, 0.29) is 12.3 Å². The highest BCUT2D eigenvalue weighted by Crippen LogP contribution is 2.08. The summed E-state index contributed by atoms with van der Waals surface area (Å²) in [5.41, 5.74) is 16.3. The molecule has 0 rings (SSSR count). The third kappa shape index (κ3) is 10.5. The fourth-order valence-electron chi connectivity index (χ4n) is 2.68. The van der Waals surface area contributed by atoms with E-state index in [1.54, 1.807) is 6.92 Å². The third-order valence-electron chi connectivity index (χ3n) is 4.98. The minimum Gasteiger partial charge on any atom is -0.480 e. The number of carboxylic acid groups (broad SMARTS) is 1. The highest BCUT2D eigenvalue weighted by atomic mass is 16.4. The molecule has 0 heterocycles. The Morgan fingerprint density at radius 2 is 1.44 bits per heavy atom. The number of amides is 4. The van der Waals surface area contributed by atoms with Crippen molar-refractivity contribution in [3.05, 3.63) is 0 Å². The summed E-state index contributed by atoms with van der Waals surface area (Å²) in [7, 11) is 0. The zero-order valence-electron chi connectivity index (χ0n) is 18.5. The number of unbranched alkanes of at least 4 members (excludes halogenated alkanes) is 1. The molecule has 184 valence electrons. The van der Waals surface area contributed by atoms with Gasteiger partial charge in [0.15, 0.2) is 0 Å². The SMILES string of the molecule is CCC(C)C(N)C(=O)NC(CCCCN)C(=O)NC(CO)C(=O)NC(CC(N)=O)C(=O)O. The fraction of sp³-hybridized carbons (Fsp3) is 0.737. The summed E-state index contributed by atoms with van der Waals surface area (Å²) in [4.78, 5) is 59.6. The van der Waals surface area contributed by atoms with E-state index >= 15 is 0 Å². The van der Waals surface area contributed by atoms with Gasteiger partial charge in [-0.05, 0) is 31.7 Å². The van der Waals surface area contributed by atoms with E-state index < -0.39 is 66.8 Å². The predicted octanol–water partition coefficient (Wildman–Crippen LogP) is -3.10. The Bertz CT molecular complexity index is 660. The molecule has 0 saturated heterocycles. The first-order valence-corrected chi connectivity index (χ1v) is 10.5. The van der Waals surface area contributed by atoms with Gasteiger partial charge < -0.3 is 43.4 Å². The zero-order chi connectivity index (χ0) is 24.8. The molecule has 0 aliphatic carbocycles. The molecule has 13 heteroatoms. The monoisotopic (exact) mass is 460 g/mol. The molecule has 4 amide bonds. The van der Waals surface area contributed by atoms with Gasteiger partial charge in [-0.1, -0.05) is 20.3 Å². The Kier molecular flexibility index (Phi) is 13.8. The molecule has 32 heavy (non-hydrogen) atoms. The summed E-state index contributed by atoms with van der Waals surface area (Å²) in [5.74, 6) is -4.92. The van der Waals surface area contributed by atoms with Gasteiger partial charge >= 0.3 is 5.97 Å². The molecular formula is C19H36N6O7. The van der Waals surface area contributed by atoms with Crippen LogP contribution in [0.25, 0.3) is 0 Å². The van der Waals surface area contributed by atoms with Gasteiger partial charge in [-0.15, -0.1) is 0 Å². The number of nitrogens with one attached hydrogen (secondary N) is 3. The molecule has 0 radical (unpaired) electrons. The standard InChI is InChI=1S/C19H36N6O7/c1-3-10(2)15(22)18(30)23-11(6-4-5-7-20)16(28)25-13(9-26)17(29)24-12(19(31)32)8-14(21)27/h10-13,15,26H,3-9,20,22H2,1-2H3,(H2,21,27)(H,23,30)(H,24,29)(H,25,28)(H,31,32). The molecule has 5 atom stereocenters. The predicted molar refractivity (Wildman–Crippen MR) is 115 cm³/mol. The number of rotatable bonds is 16. The van der Waals surface area contributed by atoms with E-state index in [0.29, 0.717) is 25.8 Å². The number of aliphatic hydroxyl groups is 1. The third-order valence-corrected chi connectivity index (χ3v) is 4.98. The van der Waals surface area contributed by atoms with E-state index in [0.717, 1.165) is 0 Å². The number of carboxylic acids is 1. The molecule has 0 aliphatic rings. The Morgan fingerprint density at radius 1 is 0.906 bits per heavy atom. The fourth-order valence-corrected chi connectivity index (χ4v) is 2.68. The number of hydrogen-bond acceptors (Lipinski definition) is 8. The van der Waals surface area contributed by atoms with Gasteiger partial charge in [0, 0.05) is 0 Å². The minimum absolute atomic E-state index is 0.128. The molecular weight excluding hydrogens is 424 g/mol. The first-order chi connectivity index (χ1) is 15.0. The first kappa shape index (κ1) is 29.2. The number of carbonyl (C=O) groups is 5. The van der Waals surface area contributed by atoms with Crippen LogP contribution in [-0.2, 0) is 24.0 Å². The maximum Gasteiger partial charge on any atom is 0.326 e. The maximum atomic E-state index is 12.7. The quantitative estimate of drug-likeness (QED) is 0.109. The summed E-state index contributed by atoms with van der Waals surface area (Å²) in [5, 5.41) is 25.5. The lowest BCUT2D eigenvalue weighted by Crippen LogP contribution is -2.58. The van der Waals surface area contributed by atoms with Crippen molar-refractivity contribution in [1.82, 2.24) is 16.0 Å². The Morgan fingerprint density at radius 3 is 1.91 bits per heavy atom. The molecule has 0 aromatic rings. The topological polar surface area (TPSA) is 240 Å². The zero-order valence-corrected chi connectivity index (χ0v) is 18.5. The van der Waals surface area contributed by atoms with Crippen molar-refractivity contribution in [2.75, 3.05) is 13.2 Å². The highest BCUT2D eigenvalue weighted by Gasteiger charge is 2.31. The van der Waals surface area contributed by atoms with Crippen LogP contribution in [0.4, 0.5) is 0 Å². The van der Waals surface area contributed by atoms with E-state index in [2.05, 4.69) is 10.6 Å². The van der Waals surface area contributed by atoms with Gasteiger partial charge in [0.2, 0.25) is 23.6 Å². The number of nitrogens with two attached hydrogens (primary N) is 3. The van der Waals surface area contributed by atoms with E-state index in [1.807, 2.05) is 12.2 Å². The molecule has 0 aromatic heterocycles. The van der Waals surface area contributed by atoms with Gasteiger partial charge in [-0.2, -0.15) is 0 Å². The summed E-state index contributed by atoms with van der Waals surface area (Å²) >= 11 is 0. The smallest absolute Gasteiger partial charge is 0.326 e. The van der Waals surface area contributed by atoms with Gasteiger partial charge in [0.1, 0.15) is 18.1 Å². The van der Waals surface area contributed by atoms with Gasteiger partial charge in [-0.25, -0.2) is 4.79 Å². The average Bonchev–Trinajstić information content (AvgIpc) is 2.74. The van der Waals surface area contributed by atoms with Crippen LogP contribution < -0.4 is 33.2 Å². The van der Waals surface area contributed by atoms with Crippen molar-refractivity contribution in [2.45, 2.75) is 70.1 Å². The Balaban J connectivity index is 5.29. The summed E-state index contributed by atoms with van der Waals surface area (Å²) in [6, 6.07) is -5.03. The average molecular weight is 461 g/mol. The lowest BCUT2D eigenvalue weighted by atomic mass is 9.98. The second kappa shape index (κ2) is 15.1. The van der Waals surface area contributed by atoms with Gasteiger partial charge in [0.05, 0.1) is 19.1 Å². The summed E-state index contributed by atoms with van der Waals surface area (Å²) in [6.07, 6.45) is 1.29. The second-order valence-electron chi connectivity index (χ2n) is 7.57. The Hall–Kier alpha value is -2.77. The molecule has 13 nitrogen and oxygen atoms in total. The number of aliphatic carboxylic acids is 1. The molecule has 0 fully saturated rings. The molecule has 0 bridgehead atoms. The largest absolute Gasteiger partial charge is 0.480 e. The van der Waals surface area contributed by atoms with Crippen molar-refractivity contribution in [3.8, 4) is 0 Å². The van der Waals surface area contributed by atoms with Crippen molar-refractivity contribution < 1.29 is 34.2 Å². The van der Waals surface area contributed by atoms with Crippen LogP contribution in [0.1, 0.15) is 46.0 Å². The summed E-state index contributed by atoms with van der Waals surface area (Å²) < 4.78 is 0. The molecule has 0 saturated carbocycles. The lowest BCUT2D eigenvalue weighted by Gasteiger charge is -2.25. The van der Waals surface area contributed by atoms with Gasteiger partial charge in [0.25, 0.3) is 0 Å². The number of aliphatic hydroxyl groups excluding tert-OH is 1. The van der Waals surface area contributed by atoms with Crippen LogP contribution in [0.3, 0.4) is 0 Å². The van der Waals surface area contributed by atoms with Crippen molar-refractivity contribution in [1.29, 1.82) is 0 Å². The molecule has 0 aromatic carbocycles. The molecule has 5 unspecified atom stereocenters. The summed E-state index contributed by atoms with van der Waals surface area (Å²) in [6.45, 7) is 3.20. The number of primary amides is 1. The second-order valence-corrected chi connectivity index (χ2v) is 7.57. The maximum absolute atomic E-state index is 12.7. The van der Waals surface area contributed by atoms with Gasteiger partial charge in [-0.3, -0.25) is 19.2 Å². The number of carbonyl (C=O) groups excluding carboxylic acids is 4. The normalized spacial score (nSPS) is 15.5. The minimum atomic E-state index is -1.63. The first-order valence-electron chi connectivity index (χ1n) is 10.5. The molecule has 0 aliphatic heterocycles. The van der Waals surface area contributed by atoms with Crippen LogP contribution in [0.15, 0.2) is 0 Å². The van der Waals surface area contributed by atoms with Crippen LogP contribution in [0.2, 0.25) is 0 Å². The number of hydrogen-bond donors (Lipinski definition) is 8. The molecule has 0 spiro atoms. The van der Waals surface area contributed by atoms with Crippen molar-refractivity contribution in [3.63, 3.8) is 0 Å². The van der Waals surface area contributed by atoms with E-state index in [1.165, 1.54) is 0 Å². The Labute approximate surface area is 186 Å². The van der Waals surface area contributed by atoms with Crippen molar-refractivity contribution >= 4 is 29.6 Å². The lowest BCUT2D eigenvalue weighted by molar-refractivity contribution is -0.144. The van der Waals surface area contributed by atoms with Crippen LogP contribution >= 0.6 is 0 Å². The van der Waals surface area contributed by atoms with Crippen molar-refractivity contribution in [2.24, 2.45) is 23.1 Å². The highest BCUT2D eigenvalue weighted by molar-refractivity contribution is 5.94. The van der Waals surface area contributed by atoms with Crippen LogP contribution in [0, 0.1) is 5.92 Å². The molecule has 11 N–H and O–H groups in total. The van der Waals surface area contributed by atoms with E-state index in [4.69, 9.17) is 22.3 Å².